The van der Waals surface area contributed by atoms with Gasteiger partial charge in [0.1, 0.15) is 5.76 Å². The number of benzene rings is 1. The van der Waals surface area contributed by atoms with E-state index in [1.54, 1.807) is 36.7 Å². The number of nitrogens with zero attached hydrogens (tertiary/aromatic N) is 2. The second-order valence-electron chi connectivity index (χ2n) is 4.98. The molecule has 0 unspecified atom stereocenters. The van der Waals surface area contributed by atoms with Gasteiger partial charge >= 0.3 is 0 Å². The minimum absolute atomic E-state index is 0.0980. The van der Waals surface area contributed by atoms with Gasteiger partial charge in [0, 0.05) is 22.9 Å². The highest BCUT2D eigenvalue weighted by Crippen LogP contribution is 2.38. The van der Waals surface area contributed by atoms with Crippen LogP contribution in [0.25, 0.3) is 5.76 Å². The van der Waals surface area contributed by atoms with E-state index in [0.29, 0.717) is 11.1 Å². The van der Waals surface area contributed by atoms with Crippen molar-refractivity contribution in [3.05, 3.63) is 58.9 Å². The lowest BCUT2D eigenvalue weighted by Crippen LogP contribution is -2.46. The van der Waals surface area contributed by atoms with E-state index in [1.165, 1.54) is 11.6 Å². The Morgan fingerprint density at radius 3 is 2.60 bits per heavy atom. The molecule has 2 N–H and O–H groups in total. The first kappa shape index (κ1) is 12.6. The number of carbonyl (C=O) groups excluding carboxylic acids is 1. The van der Waals surface area contributed by atoms with Crippen LogP contribution in [0.1, 0.15) is 23.6 Å². The van der Waals surface area contributed by atoms with Crippen LogP contribution < -0.4 is 0 Å². The number of hydrogen-bond acceptors (Lipinski definition) is 4. The fourth-order valence-corrected chi connectivity index (χ4v) is 2.50. The summed E-state index contributed by atoms with van der Waals surface area (Å²) in [5.74, 6) is -0.670. The summed E-state index contributed by atoms with van der Waals surface area (Å²) >= 11 is 0. The summed E-state index contributed by atoms with van der Waals surface area (Å²) in [5, 5.41) is 25.1. The molecule has 1 aliphatic carbocycles. The van der Waals surface area contributed by atoms with Crippen LogP contribution in [0.3, 0.4) is 0 Å². The standard InChI is InChI=1S/C15H14N2O3/c1-9-7-16-17(8-9)15(20)12-6-4-3-5-11(12)13(18)10(2)14(15)19/h3-8,18,20H,1-2H3/t15-/m1/s1. The van der Waals surface area contributed by atoms with E-state index in [2.05, 4.69) is 5.10 Å². The number of aliphatic hydroxyl groups excluding tert-OH is 1. The average molecular weight is 270 g/mol. The first-order valence-electron chi connectivity index (χ1n) is 6.25. The largest absolute Gasteiger partial charge is 0.507 e. The van der Waals surface area contributed by atoms with Gasteiger partial charge in [0.15, 0.2) is 0 Å². The Balaban J connectivity index is 2.34. The number of aryl methyl sites for hydroxylation is 1. The second-order valence-corrected chi connectivity index (χ2v) is 4.98. The Hall–Kier alpha value is -2.40. The van der Waals surface area contributed by atoms with Gasteiger partial charge in [-0.05, 0) is 19.4 Å². The second kappa shape index (κ2) is 4.05. The van der Waals surface area contributed by atoms with E-state index in [1.807, 2.05) is 6.92 Å². The van der Waals surface area contributed by atoms with Gasteiger partial charge < -0.3 is 10.2 Å². The van der Waals surface area contributed by atoms with Crippen molar-refractivity contribution < 1.29 is 15.0 Å². The average Bonchev–Trinajstić information content (AvgIpc) is 2.90. The zero-order valence-corrected chi connectivity index (χ0v) is 11.2. The molecule has 20 heavy (non-hydrogen) atoms. The van der Waals surface area contributed by atoms with E-state index >= 15 is 0 Å². The highest BCUT2D eigenvalue weighted by atomic mass is 16.3. The van der Waals surface area contributed by atoms with Gasteiger partial charge in [-0.15, -0.1) is 0 Å². The van der Waals surface area contributed by atoms with Crippen molar-refractivity contribution in [3.8, 4) is 0 Å². The van der Waals surface area contributed by atoms with Gasteiger partial charge in [-0.1, -0.05) is 24.3 Å². The molecule has 0 aliphatic heterocycles. The number of aliphatic hydroxyl groups is 2. The molecular formula is C15H14N2O3. The number of Topliss-reactive ketones (excluding diaryl/α,β-unsaturated/α-hetero) is 1. The summed E-state index contributed by atoms with van der Waals surface area (Å²) in [6.07, 6.45) is 3.17. The third kappa shape index (κ3) is 1.47. The van der Waals surface area contributed by atoms with Crippen LogP contribution in [-0.2, 0) is 10.5 Å². The van der Waals surface area contributed by atoms with Crippen LogP contribution in [0, 0.1) is 6.92 Å². The minimum atomic E-state index is -1.92. The van der Waals surface area contributed by atoms with Crippen molar-refractivity contribution in [2.75, 3.05) is 0 Å². The van der Waals surface area contributed by atoms with Gasteiger partial charge in [0.2, 0.25) is 11.5 Å². The van der Waals surface area contributed by atoms with Crippen molar-refractivity contribution in [1.29, 1.82) is 0 Å². The molecule has 5 nitrogen and oxygen atoms in total. The van der Waals surface area contributed by atoms with E-state index in [-0.39, 0.29) is 11.3 Å². The normalized spacial score (nSPS) is 22.1. The Kier molecular flexibility index (Phi) is 2.55. The van der Waals surface area contributed by atoms with Crippen molar-refractivity contribution in [1.82, 2.24) is 9.78 Å². The summed E-state index contributed by atoms with van der Waals surface area (Å²) in [5.41, 5.74) is -0.183. The van der Waals surface area contributed by atoms with Crippen molar-refractivity contribution in [2.45, 2.75) is 19.6 Å². The molecule has 1 aromatic heterocycles. The van der Waals surface area contributed by atoms with Crippen LogP contribution in [0.15, 0.2) is 42.2 Å². The van der Waals surface area contributed by atoms with Crippen molar-refractivity contribution in [3.63, 3.8) is 0 Å². The highest BCUT2D eigenvalue weighted by Gasteiger charge is 2.47. The topological polar surface area (TPSA) is 75.3 Å². The zero-order chi connectivity index (χ0) is 14.5. The molecule has 0 bridgehead atoms. The molecule has 2 aromatic rings. The van der Waals surface area contributed by atoms with E-state index in [4.69, 9.17) is 0 Å². The van der Waals surface area contributed by atoms with Gasteiger partial charge in [0.25, 0.3) is 0 Å². The van der Waals surface area contributed by atoms with Crippen LogP contribution in [0.4, 0.5) is 0 Å². The maximum Gasteiger partial charge on any atom is 0.249 e. The van der Waals surface area contributed by atoms with E-state index in [9.17, 15) is 15.0 Å². The quantitative estimate of drug-likeness (QED) is 0.828. The molecule has 1 aromatic carbocycles. The summed E-state index contributed by atoms with van der Waals surface area (Å²) in [7, 11) is 0. The molecule has 5 heteroatoms. The fraction of sp³-hybridized carbons (Fsp3) is 0.200. The van der Waals surface area contributed by atoms with Gasteiger partial charge in [-0.2, -0.15) is 5.10 Å². The summed E-state index contributed by atoms with van der Waals surface area (Å²) < 4.78 is 1.24. The molecule has 1 atom stereocenters. The van der Waals surface area contributed by atoms with Gasteiger partial charge in [-0.25, -0.2) is 4.68 Å². The summed E-state index contributed by atoms with van der Waals surface area (Å²) in [6, 6.07) is 6.74. The van der Waals surface area contributed by atoms with Crippen LogP contribution >= 0.6 is 0 Å². The molecule has 3 rings (SSSR count). The van der Waals surface area contributed by atoms with Gasteiger partial charge in [0.05, 0.1) is 6.20 Å². The Morgan fingerprint density at radius 1 is 1.25 bits per heavy atom. The van der Waals surface area contributed by atoms with Crippen LogP contribution in [0.2, 0.25) is 0 Å². The predicted octanol–water partition coefficient (Wildman–Crippen LogP) is 1.76. The maximum absolute atomic E-state index is 12.5. The smallest absolute Gasteiger partial charge is 0.249 e. The third-order valence-electron chi connectivity index (χ3n) is 3.61. The number of ketones is 1. The Morgan fingerprint density at radius 2 is 1.95 bits per heavy atom. The number of hydrogen-bond donors (Lipinski definition) is 2. The number of rotatable bonds is 1. The molecule has 0 amide bonds. The number of aromatic nitrogens is 2. The first-order valence-corrected chi connectivity index (χ1v) is 6.25. The Bertz CT molecular complexity index is 745. The minimum Gasteiger partial charge on any atom is -0.507 e. The lowest BCUT2D eigenvalue weighted by atomic mass is 9.83. The molecule has 1 aliphatic rings. The van der Waals surface area contributed by atoms with E-state index in [0.717, 1.165) is 5.56 Å². The van der Waals surface area contributed by atoms with Gasteiger partial charge in [-0.3, -0.25) is 4.79 Å². The molecule has 0 fully saturated rings. The van der Waals surface area contributed by atoms with Crippen molar-refractivity contribution in [2.24, 2.45) is 0 Å². The molecular weight excluding hydrogens is 256 g/mol. The molecule has 1 heterocycles. The summed E-state index contributed by atoms with van der Waals surface area (Å²) in [6.45, 7) is 3.32. The lowest BCUT2D eigenvalue weighted by Gasteiger charge is -2.33. The monoisotopic (exact) mass is 270 g/mol. The number of carbonyl (C=O) groups is 1. The molecule has 0 spiro atoms. The Labute approximate surface area is 115 Å². The maximum atomic E-state index is 12.5. The SMILES string of the molecule is CC1=C(O)c2ccccc2[C@](O)(n2cc(C)cn2)C1=O. The first-order chi connectivity index (χ1) is 9.46. The summed E-state index contributed by atoms with van der Waals surface area (Å²) in [4.78, 5) is 12.5. The van der Waals surface area contributed by atoms with Crippen LogP contribution in [0.5, 0.6) is 0 Å². The zero-order valence-electron chi connectivity index (χ0n) is 11.2. The molecule has 102 valence electrons. The molecule has 0 radical (unpaired) electrons. The molecule has 0 saturated carbocycles. The predicted molar refractivity (Wildman–Crippen MR) is 72.9 cm³/mol. The van der Waals surface area contributed by atoms with Crippen LogP contribution in [-0.4, -0.2) is 25.8 Å². The molecule has 0 saturated heterocycles. The van der Waals surface area contributed by atoms with E-state index < -0.39 is 11.5 Å². The van der Waals surface area contributed by atoms with Crippen molar-refractivity contribution >= 4 is 11.5 Å². The third-order valence-corrected chi connectivity index (χ3v) is 3.61. The fourth-order valence-electron chi connectivity index (χ4n) is 2.50. The highest BCUT2D eigenvalue weighted by molar-refractivity contribution is 6.09. The lowest BCUT2D eigenvalue weighted by molar-refractivity contribution is -0.139. The number of fused-ring (bicyclic) bond motifs is 1.